The molecule has 0 fully saturated rings. The van der Waals surface area contributed by atoms with Crippen LogP contribution >= 0.6 is 11.3 Å². The molecule has 3 aromatic carbocycles. The maximum absolute atomic E-state index is 12.5. The van der Waals surface area contributed by atoms with Crippen molar-refractivity contribution >= 4 is 39.0 Å². The molecule has 2 aromatic heterocycles. The van der Waals surface area contributed by atoms with Gasteiger partial charge in [0.2, 0.25) is 5.91 Å². The van der Waals surface area contributed by atoms with Crippen molar-refractivity contribution in [1.82, 2.24) is 4.57 Å². The Bertz CT molecular complexity index is 1420. The fraction of sp³-hybridized carbons (Fsp3) is 0.0800. The van der Waals surface area contributed by atoms with Crippen molar-refractivity contribution in [2.24, 2.45) is 5.73 Å². The van der Waals surface area contributed by atoms with Crippen LogP contribution in [0.5, 0.6) is 5.75 Å². The number of halogens is 2. The number of hydrogen-bond acceptors (Lipinski definition) is 3. The molecule has 0 spiro atoms. The van der Waals surface area contributed by atoms with Gasteiger partial charge >= 0.3 is 6.61 Å². The van der Waals surface area contributed by atoms with E-state index in [4.69, 9.17) is 5.73 Å². The van der Waals surface area contributed by atoms with Crippen molar-refractivity contribution in [2.45, 2.75) is 13.2 Å². The maximum atomic E-state index is 12.5. The summed E-state index contributed by atoms with van der Waals surface area (Å²) in [5.41, 5.74) is 9.78. The van der Waals surface area contributed by atoms with E-state index in [-0.39, 0.29) is 5.75 Å². The molecular weight excluding hydrogens is 430 g/mol. The molecule has 0 aliphatic heterocycles. The summed E-state index contributed by atoms with van der Waals surface area (Å²) < 4.78 is 31.5. The summed E-state index contributed by atoms with van der Waals surface area (Å²) in [5, 5.41) is 3.58. The number of nitrogens with zero attached hydrogens (tertiary/aromatic N) is 1. The highest BCUT2D eigenvalue weighted by Gasteiger charge is 2.18. The lowest BCUT2D eigenvalue weighted by Gasteiger charge is -2.10. The van der Waals surface area contributed by atoms with Crippen molar-refractivity contribution in [2.75, 3.05) is 0 Å². The number of carbonyl (C=O) groups excluding carboxylic acids is 1. The summed E-state index contributed by atoms with van der Waals surface area (Å²) in [4.78, 5) is 13.2. The molecule has 2 heterocycles. The molecule has 0 atom stereocenters. The van der Waals surface area contributed by atoms with Gasteiger partial charge in [-0.3, -0.25) is 4.79 Å². The van der Waals surface area contributed by atoms with E-state index in [1.54, 1.807) is 35.6 Å². The highest BCUT2D eigenvalue weighted by Crippen LogP contribution is 2.35. The van der Waals surface area contributed by atoms with Gasteiger partial charge < -0.3 is 15.0 Å². The smallest absolute Gasteiger partial charge is 0.387 e. The fourth-order valence-electron chi connectivity index (χ4n) is 3.98. The molecule has 0 unspecified atom stereocenters. The van der Waals surface area contributed by atoms with Crippen LogP contribution in [0.1, 0.15) is 15.9 Å². The fourth-order valence-corrected chi connectivity index (χ4v) is 4.69. The van der Waals surface area contributed by atoms with Gasteiger partial charge in [0.1, 0.15) is 5.75 Å². The van der Waals surface area contributed by atoms with Crippen LogP contribution in [0.4, 0.5) is 8.78 Å². The minimum absolute atomic E-state index is 0.107. The lowest BCUT2D eigenvalue weighted by atomic mass is 10.0. The van der Waals surface area contributed by atoms with Gasteiger partial charge in [0.05, 0.1) is 11.0 Å². The van der Waals surface area contributed by atoms with Gasteiger partial charge in [-0.2, -0.15) is 8.78 Å². The Morgan fingerprint density at radius 1 is 1.09 bits per heavy atom. The molecule has 7 heteroatoms. The highest BCUT2D eigenvalue weighted by atomic mass is 32.1. The van der Waals surface area contributed by atoms with Gasteiger partial charge in [-0.05, 0) is 65.0 Å². The van der Waals surface area contributed by atoms with Crippen LogP contribution in [-0.2, 0) is 6.54 Å². The summed E-state index contributed by atoms with van der Waals surface area (Å²) in [6.45, 7) is -2.39. The number of alkyl halides is 2. The Kier molecular flexibility index (Phi) is 5.11. The van der Waals surface area contributed by atoms with Crippen LogP contribution in [0.2, 0.25) is 0 Å². The van der Waals surface area contributed by atoms with Crippen molar-refractivity contribution in [1.29, 1.82) is 0 Å². The third-order valence-electron chi connectivity index (χ3n) is 5.35. The van der Waals surface area contributed by atoms with Crippen LogP contribution < -0.4 is 10.5 Å². The van der Waals surface area contributed by atoms with E-state index in [0.717, 1.165) is 37.8 Å². The number of nitrogens with two attached hydrogens (primary N) is 1. The number of benzene rings is 3. The number of ether oxygens (including phenoxy) is 1. The third kappa shape index (κ3) is 3.61. The zero-order chi connectivity index (χ0) is 22.2. The summed E-state index contributed by atoms with van der Waals surface area (Å²) >= 11 is 1.64. The van der Waals surface area contributed by atoms with Crippen LogP contribution in [0.3, 0.4) is 0 Å². The van der Waals surface area contributed by atoms with E-state index in [1.165, 1.54) is 12.1 Å². The van der Waals surface area contributed by atoms with Crippen molar-refractivity contribution in [3.8, 4) is 16.2 Å². The average Bonchev–Trinajstić information content (AvgIpc) is 3.42. The Labute approximate surface area is 186 Å². The second-order valence-corrected chi connectivity index (χ2v) is 8.25. The number of aromatic nitrogens is 1. The number of thiophene rings is 1. The number of hydrogen-bond donors (Lipinski definition) is 1. The normalized spacial score (nSPS) is 11.5. The van der Waals surface area contributed by atoms with Crippen LogP contribution in [0.25, 0.3) is 32.2 Å². The topological polar surface area (TPSA) is 57.2 Å². The first kappa shape index (κ1) is 20.2. The van der Waals surface area contributed by atoms with Crippen molar-refractivity contribution in [3.05, 3.63) is 89.3 Å². The first-order valence-electron chi connectivity index (χ1n) is 9.85. The number of fused-ring (bicyclic) bond motifs is 3. The lowest BCUT2D eigenvalue weighted by molar-refractivity contribution is -0.0498. The average molecular weight is 447 g/mol. The van der Waals surface area contributed by atoms with Gasteiger partial charge in [-0.1, -0.05) is 24.3 Å². The predicted octanol–water partition coefficient (Wildman–Crippen LogP) is 6.07. The molecule has 0 bridgehead atoms. The SMILES string of the molecule is NC(=O)c1cccc2c1c1[c]cc(-c3cccs3)cc1n2Cc1ccc(OC(F)F)cc1. The zero-order valence-electron chi connectivity index (χ0n) is 16.7. The number of amides is 1. The van der Waals surface area contributed by atoms with Crippen molar-refractivity contribution < 1.29 is 18.3 Å². The Morgan fingerprint density at radius 2 is 1.91 bits per heavy atom. The number of rotatable bonds is 6. The Hall–Kier alpha value is -3.71. The van der Waals surface area contributed by atoms with Gasteiger partial charge in [0, 0.05) is 27.8 Å². The molecule has 1 amide bonds. The van der Waals surface area contributed by atoms with Gasteiger partial charge in [-0.25, -0.2) is 0 Å². The first-order chi connectivity index (χ1) is 15.5. The molecule has 2 N–H and O–H groups in total. The summed E-state index contributed by atoms with van der Waals surface area (Å²) in [7, 11) is 0. The maximum Gasteiger partial charge on any atom is 0.387 e. The van der Waals surface area contributed by atoms with Crippen molar-refractivity contribution in [3.63, 3.8) is 0 Å². The van der Waals surface area contributed by atoms with E-state index in [0.29, 0.717) is 12.1 Å². The van der Waals surface area contributed by atoms with E-state index >= 15 is 0 Å². The predicted molar refractivity (Wildman–Crippen MR) is 122 cm³/mol. The molecule has 0 saturated carbocycles. The molecule has 0 aliphatic carbocycles. The molecule has 0 saturated heterocycles. The molecule has 4 nitrogen and oxygen atoms in total. The number of carbonyl (C=O) groups is 1. The Balaban J connectivity index is 1.69. The largest absolute Gasteiger partial charge is 0.435 e. The first-order valence-corrected chi connectivity index (χ1v) is 10.7. The molecule has 5 aromatic rings. The van der Waals surface area contributed by atoms with Crippen LogP contribution in [-0.4, -0.2) is 17.1 Å². The summed E-state index contributed by atoms with van der Waals surface area (Å²) in [6.07, 6.45) is 0. The highest BCUT2D eigenvalue weighted by molar-refractivity contribution is 7.13. The van der Waals surface area contributed by atoms with Crippen LogP contribution in [0.15, 0.2) is 72.1 Å². The third-order valence-corrected chi connectivity index (χ3v) is 6.27. The minimum atomic E-state index is -2.86. The standard InChI is InChI=1S/C25H17F2N2O2S/c26-25(27)31-17-9-6-15(7-10-17)14-29-20-4-1-3-19(24(28)30)23(20)18-11-8-16(13-21(18)29)22-5-2-12-32-22/h1-10,12-13,25H,14H2,(H2,28,30). The second kappa shape index (κ2) is 8.09. The van der Waals surface area contributed by atoms with E-state index in [2.05, 4.69) is 21.4 Å². The molecule has 5 rings (SSSR count). The second-order valence-electron chi connectivity index (χ2n) is 7.30. The van der Waals surface area contributed by atoms with E-state index < -0.39 is 12.5 Å². The Morgan fingerprint density at radius 3 is 2.59 bits per heavy atom. The monoisotopic (exact) mass is 447 g/mol. The quantitative estimate of drug-likeness (QED) is 0.343. The minimum Gasteiger partial charge on any atom is -0.435 e. The molecule has 1 radical (unpaired) electrons. The molecule has 0 aliphatic rings. The summed E-state index contributed by atoms with van der Waals surface area (Å²) in [5.74, 6) is -0.394. The molecular formula is C25H17F2N2O2S. The zero-order valence-corrected chi connectivity index (χ0v) is 17.5. The van der Waals surface area contributed by atoms with E-state index in [9.17, 15) is 13.6 Å². The number of primary amides is 1. The van der Waals surface area contributed by atoms with Gasteiger partial charge in [0.15, 0.2) is 0 Å². The van der Waals surface area contributed by atoms with Gasteiger partial charge in [0.25, 0.3) is 0 Å². The summed E-state index contributed by atoms with van der Waals surface area (Å²) in [6, 6.07) is 23.4. The van der Waals surface area contributed by atoms with Gasteiger partial charge in [-0.15, -0.1) is 11.3 Å². The molecule has 159 valence electrons. The van der Waals surface area contributed by atoms with E-state index in [1.807, 2.05) is 29.6 Å². The van der Waals surface area contributed by atoms with Crippen LogP contribution in [0, 0.1) is 6.07 Å². The molecule has 32 heavy (non-hydrogen) atoms. The lowest BCUT2D eigenvalue weighted by Crippen LogP contribution is -2.11.